The highest BCUT2D eigenvalue weighted by molar-refractivity contribution is 6.05. The molecular formula is C23H27F2N7O2. The smallest absolute Gasteiger partial charge is 0.387 e. The molecule has 34 heavy (non-hydrogen) atoms. The molecule has 0 saturated heterocycles. The Morgan fingerprint density at radius 2 is 2.09 bits per heavy atom. The van der Waals surface area contributed by atoms with Crippen molar-refractivity contribution in [3.63, 3.8) is 0 Å². The molecule has 2 N–H and O–H groups in total. The van der Waals surface area contributed by atoms with Crippen LogP contribution in [0.1, 0.15) is 30.6 Å². The molecule has 0 atom stereocenters. The third-order valence-electron chi connectivity index (χ3n) is 5.21. The van der Waals surface area contributed by atoms with Crippen molar-refractivity contribution in [3.05, 3.63) is 36.2 Å². The van der Waals surface area contributed by atoms with Crippen LogP contribution >= 0.6 is 0 Å². The standard InChI is InChI=1S/C23H27F2N7O2/c1-13(2)28-22(33)16-11-26-21-20(16)29-17(12-27-21)19-15-10-14(34-23(24)25)6-7-18(15)32(30-19)9-5-8-31(3)4/h6-7,10-13,23H,5,8-9H2,1-4H3,(H,26,27)(H,28,33). The van der Waals surface area contributed by atoms with Crippen LogP contribution in [0.5, 0.6) is 5.75 Å². The number of aromatic amines is 1. The van der Waals surface area contributed by atoms with Gasteiger partial charge in [0.05, 0.1) is 17.3 Å². The molecule has 1 amide bonds. The number of aryl methyl sites for hydroxylation is 1. The van der Waals surface area contributed by atoms with Crippen LogP contribution in [0.3, 0.4) is 0 Å². The predicted octanol–water partition coefficient (Wildman–Crippen LogP) is 3.67. The molecule has 4 aromatic rings. The third-order valence-corrected chi connectivity index (χ3v) is 5.21. The fourth-order valence-electron chi connectivity index (χ4n) is 3.75. The van der Waals surface area contributed by atoms with Crippen LogP contribution in [0.2, 0.25) is 0 Å². The largest absolute Gasteiger partial charge is 0.435 e. The maximum Gasteiger partial charge on any atom is 0.387 e. The van der Waals surface area contributed by atoms with E-state index >= 15 is 0 Å². The summed E-state index contributed by atoms with van der Waals surface area (Å²) in [5.74, 6) is -0.233. The predicted molar refractivity (Wildman–Crippen MR) is 125 cm³/mol. The van der Waals surface area contributed by atoms with Gasteiger partial charge in [0.25, 0.3) is 5.91 Å². The number of carbonyl (C=O) groups excluding carboxylic acids is 1. The Kier molecular flexibility index (Phi) is 6.73. The van der Waals surface area contributed by atoms with Crippen molar-refractivity contribution in [1.29, 1.82) is 0 Å². The van der Waals surface area contributed by atoms with Crippen molar-refractivity contribution in [2.24, 2.45) is 0 Å². The average molecular weight is 472 g/mol. The number of aromatic nitrogens is 5. The van der Waals surface area contributed by atoms with Gasteiger partial charge in [-0.1, -0.05) is 0 Å². The zero-order valence-electron chi connectivity index (χ0n) is 19.5. The number of amides is 1. The number of benzene rings is 1. The van der Waals surface area contributed by atoms with Gasteiger partial charge in [-0.05, 0) is 59.1 Å². The lowest BCUT2D eigenvalue weighted by molar-refractivity contribution is -0.0497. The van der Waals surface area contributed by atoms with Crippen molar-refractivity contribution < 1.29 is 18.3 Å². The number of rotatable bonds is 9. The molecule has 4 rings (SSSR count). The molecule has 0 radical (unpaired) electrons. The van der Waals surface area contributed by atoms with E-state index < -0.39 is 6.61 Å². The van der Waals surface area contributed by atoms with Gasteiger partial charge in [-0.3, -0.25) is 9.48 Å². The number of carbonyl (C=O) groups is 1. The summed E-state index contributed by atoms with van der Waals surface area (Å²) in [5.41, 5.74) is 2.92. The van der Waals surface area contributed by atoms with E-state index in [4.69, 9.17) is 5.10 Å². The van der Waals surface area contributed by atoms with Crippen LogP contribution in [0.15, 0.2) is 30.6 Å². The van der Waals surface area contributed by atoms with Crippen LogP contribution in [-0.4, -0.2) is 68.8 Å². The summed E-state index contributed by atoms with van der Waals surface area (Å²) < 4.78 is 32.1. The lowest BCUT2D eigenvalue weighted by atomic mass is 10.1. The van der Waals surface area contributed by atoms with Crippen molar-refractivity contribution in [1.82, 2.24) is 34.9 Å². The van der Waals surface area contributed by atoms with Crippen molar-refractivity contribution >= 4 is 28.0 Å². The molecule has 1 aromatic carbocycles. The summed E-state index contributed by atoms with van der Waals surface area (Å²) in [5, 5.41) is 8.19. The maximum atomic E-state index is 12.8. The van der Waals surface area contributed by atoms with Gasteiger partial charge in [-0.25, -0.2) is 9.97 Å². The number of nitrogens with one attached hydrogen (secondary N) is 2. The highest BCUT2D eigenvalue weighted by Crippen LogP contribution is 2.31. The van der Waals surface area contributed by atoms with Crippen LogP contribution in [0, 0.1) is 0 Å². The van der Waals surface area contributed by atoms with Crippen LogP contribution in [0.25, 0.3) is 33.5 Å². The van der Waals surface area contributed by atoms with Crippen LogP contribution in [0.4, 0.5) is 8.78 Å². The van der Waals surface area contributed by atoms with Crippen molar-refractivity contribution in [3.8, 4) is 17.1 Å². The monoisotopic (exact) mass is 471 g/mol. The first-order valence-electron chi connectivity index (χ1n) is 11.0. The summed E-state index contributed by atoms with van der Waals surface area (Å²) in [7, 11) is 3.99. The normalized spacial score (nSPS) is 11.9. The SMILES string of the molecule is CC(C)NC(=O)c1c[nH]c2ncc(-c3nn(CCCN(C)C)c4ccc(OC(F)F)cc34)nc12. The molecule has 3 aromatic heterocycles. The van der Waals surface area contributed by atoms with E-state index in [0.29, 0.717) is 40.0 Å². The Morgan fingerprint density at radius 3 is 2.79 bits per heavy atom. The second-order valence-corrected chi connectivity index (χ2v) is 8.57. The Bertz CT molecular complexity index is 1310. The summed E-state index contributed by atoms with van der Waals surface area (Å²) >= 11 is 0. The Labute approximate surface area is 195 Å². The minimum absolute atomic E-state index is 0.0317. The molecule has 0 aliphatic carbocycles. The molecule has 0 unspecified atom stereocenters. The van der Waals surface area contributed by atoms with Gasteiger partial charge in [0.2, 0.25) is 0 Å². The molecule has 0 aliphatic rings. The van der Waals surface area contributed by atoms with Crippen molar-refractivity contribution in [2.45, 2.75) is 39.5 Å². The summed E-state index contributed by atoms with van der Waals surface area (Å²) in [6, 6.07) is 4.70. The Balaban J connectivity index is 1.80. The van der Waals surface area contributed by atoms with Crippen LogP contribution in [-0.2, 0) is 6.54 Å². The lowest BCUT2D eigenvalue weighted by Crippen LogP contribution is -2.29. The topological polar surface area (TPSA) is 101 Å². The van der Waals surface area contributed by atoms with E-state index in [1.807, 2.05) is 32.6 Å². The summed E-state index contributed by atoms with van der Waals surface area (Å²) in [6.45, 7) is 2.31. The molecule has 0 bridgehead atoms. The minimum Gasteiger partial charge on any atom is -0.435 e. The van der Waals surface area contributed by atoms with E-state index in [9.17, 15) is 13.6 Å². The fraction of sp³-hybridized carbons (Fsp3) is 0.391. The van der Waals surface area contributed by atoms with E-state index in [0.717, 1.165) is 18.5 Å². The molecular weight excluding hydrogens is 444 g/mol. The molecule has 180 valence electrons. The number of halogens is 2. The highest BCUT2D eigenvalue weighted by atomic mass is 19.3. The third kappa shape index (κ3) is 4.98. The first-order valence-corrected chi connectivity index (χ1v) is 11.0. The van der Waals surface area contributed by atoms with E-state index in [-0.39, 0.29) is 17.7 Å². The van der Waals surface area contributed by atoms with Crippen LogP contribution < -0.4 is 10.1 Å². The van der Waals surface area contributed by atoms with Gasteiger partial charge in [0, 0.05) is 24.2 Å². The number of alkyl halides is 2. The van der Waals surface area contributed by atoms with Gasteiger partial charge in [0.1, 0.15) is 22.7 Å². The average Bonchev–Trinajstić information content (AvgIpc) is 3.33. The van der Waals surface area contributed by atoms with Gasteiger partial charge < -0.3 is 19.9 Å². The van der Waals surface area contributed by atoms with Gasteiger partial charge in [0.15, 0.2) is 5.65 Å². The maximum absolute atomic E-state index is 12.8. The number of fused-ring (bicyclic) bond motifs is 2. The van der Waals surface area contributed by atoms with E-state index in [1.165, 1.54) is 12.1 Å². The molecule has 0 aliphatic heterocycles. The highest BCUT2D eigenvalue weighted by Gasteiger charge is 2.20. The molecule has 0 spiro atoms. The quantitative estimate of drug-likeness (QED) is 0.386. The first kappa shape index (κ1) is 23.6. The Morgan fingerprint density at radius 1 is 1.29 bits per heavy atom. The molecule has 11 heteroatoms. The minimum atomic E-state index is -2.94. The zero-order chi connectivity index (χ0) is 24.4. The van der Waals surface area contributed by atoms with Gasteiger partial charge >= 0.3 is 6.61 Å². The Hall–Kier alpha value is -3.60. The number of nitrogens with zero attached hydrogens (tertiary/aromatic N) is 5. The molecule has 0 saturated carbocycles. The van der Waals surface area contributed by atoms with Gasteiger partial charge in [-0.2, -0.15) is 13.9 Å². The summed E-state index contributed by atoms with van der Waals surface area (Å²) in [4.78, 5) is 26.7. The lowest BCUT2D eigenvalue weighted by Gasteiger charge is -2.09. The number of H-pyrrole nitrogens is 1. The van der Waals surface area contributed by atoms with E-state index in [1.54, 1.807) is 18.5 Å². The number of hydrogen-bond acceptors (Lipinski definition) is 6. The first-order chi connectivity index (χ1) is 16.2. The van der Waals surface area contributed by atoms with Gasteiger partial charge in [-0.15, -0.1) is 0 Å². The molecule has 9 nitrogen and oxygen atoms in total. The second-order valence-electron chi connectivity index (χ2n) is 8.57. The number of hydrogen-bond donors (Lipinski definition) is 2. The second kappa shape index (κ2) is 9.72. The zero-order valence-corrected chi connectivity index (χ0v) is 19.5. The number of ether oxygens (including phenoxy) is 1. The van der Waals surface area contributed by atoms with E-state index in [2.05, 4.69) is 29.9 Å². The fourth-order valence-corrected chi connectivity index (χ4v) is 3.75. The van der Waals surface area contributed by atoms with Crippen molar-refractivity contribution in [2.75, 3.05) is 20.6 Å². The summed E-state index contributed by atoms with van der Waals surface area (Å²) in [6.07, 6.45) is 3.97. The molecule has 0 fully saturated rings. The molecule has 3 heterocycles.